The minimum Gasteiger partial charge on any atom is -0.545 e. The zero-order valence-electron chi connectivity index (χ0n) is 21.8. The number of benzene rings is 3. The molecule has 0 bridgehead atoms. The molecule has 3 heterocycles. The smallest absolute Gasteiger partial charge is 0.545 e. The minimum absolute atomic E-state index is 0. The second kappa shape index (κ2) is 14.4. The number of carbonyl (C=O) groups excluding carboxylic acids is 2. The van der Waals surface area contributed by atoms with Crippen molar-refractivity contribution in [2.24, 2.45) is 0 Å². The maximum absolute atomic E-state index is 10.9. The first-order chi connectivity index (χ1) is 19.3. The van der Waals surface area contributed by atoms with Crippen LogP contribution >= 0.6 is 0 Å². The van der Waals surface area contributed by atoms with E-state index < -0.39 is 17.9 Å². The molecule has 3 aromatic carbocycles. The van der Waals surface area contributed by atoms with Crippen molar-refractivity contribution in [3.05, 3.63) is 108 Å². The molecule has 13 nitrogen and oxygen atoms in total. The molecule has 43 heavy (non-hydrogen) atoms. The summed E-state index contributed by atoms with van der Waals surface area (Å²) in [6.45, 7) is 0. The molecule has 3 aromatic heterocycles. The van der Waals surface area contributed by atoms with Crippen LogP contribution in [0.15, 0.2) is 91.5 Å². The van der Waals surface area contributed by atoms with Gasteiger partial charge in [0.25, 0.3) is 0 Å². The average Bonchev–Trinajstić information content (AvgIpc) is 2.98. The van der Waals surface area contributed by atoms with Gasteiger partial charge in [0, 0.05) is 46.7 Å². The Morgan fingerprint density at radius 2 is 1.00 bits per heavy atom. The molecule has 0 aliphatic rings. The van der Waals surface area contributed by atoms with Crippen LogP contribution in [0.3, 0.4) is 0 Å². The van der Waals surface area contributed by atoms with Gasteiger partial charge in [0.1, 0.15) is 11.5 Å². The van der Waals surface area contributed by atoms with E-state index in [-0.39, 0.29) is 56.2 Å². The van der Waals surface area contributed by atoms with Crippen LogP contribution in [0, 0.1) is 0 Å². The quantitative estimate of drug-likeness (QED) is 0.158. The molecular weight excluding hydrogens is 612 g/mol. The Hall–Kier alpha value is -5.53. The standard InChI is InChI=1S/C15H10O7.C14H8N4.Cu.2H2O/c16-13(17)8-1-3-11(4-2-8)22-12-6-9(14(18)19)5-10(7-12)15(20)21;1-3-9-11(15-5-1)12-10(4-2-6-16-12)14-13(9)17-7-8-18-14;;;/h1-7H,(H,16,17)(H,18,19)(H,20,21);1-8H;;2*1H2/q;;+2;;. The van der Waals surface area contributed by atoms with Crippen LogP contribution in [-0.4, -0.2) is 43.0 Å². The third-order valence-electron chi connectivity index (χ3n) is 5.76. The van der Waals surface area contributed by atoms with E-state index in [1.165, 1.54) is 24.3 Å². The van der Waals surface area contributed by atoms with Crippen molar-refractivity contribution in [1.82, 2.24) is 19.9 Å². The minimum atomic E-state index is -1.56. The van der Waals surface area contributed by atoms with Crippen molar-refractivity contribution in [3.8, 4) is 11.5 Å². The van der Waals surface area contributed by atoms with Gasteiger partial charge in [-0.3, -0.25) is 19.9 Å². The molecule has 0 atom stereocenters. The normalized spacial score (nSPS) is 9.86. The molecule has 221 valence electrons. The van der Waals surface area contributed by atoms with Gasteiger partial charge in [0.2, 0.25) is 0 Å². The first kappa shape index (κ1) is 33.7. The first-order valence-electron chi connectivity index (χ1n) is 11.6. The van der Waals surface area contributed by atoms with Crippen LogP contribution in [-0.2, 0) is 28.0 Å². The third kappa shape index (κ3) is 7.22. The molecule has 7 N–H and O–H groups in total. The van der Waals surface area contributed by atoms with Gasteiger partial charge < -0.3 is 40.6 Å². The molecule has 6 rings (SSSR count). The Bertz CT molecular complexity index is 1680. The maximum atomic E-state index is 10.9. The number of hydrogen-bond donors (Lipinski definition) is 1. The topological polar surface area (TPSA) is 244 Å². The van der Waals surface area contributed by atoms with Gasteiger partial charge in [0.15, 0.2) is 0 Å². The number of rotatable bonds is 5. The Morgan fingerprint density at radius 3 is 1.40 bits per heavy atom. The van der Waals surface area contributed by atoms with E-state index in [0.29, 0.717) is 0 Å². The average molecular weight is 634 g/mol. The Morgan fingerprint density at radius 1 is 0.581 bits per heavy atom. The van der Waals surface area contributed by atoms with Gasteiger partial charge in [-0.2, -0.15) is 0 Å². The van der Waals surface area contributed by atoms with E-state index in [0.717, 1.165) is 51.0 Å². The van der Waals surface area contributed by atoms with Crippen LogP contribution < -0.4 is 14.9 Å². The van der Waals surface area contributed by atoms with Crippen molar-refractivity contribution in [2.45, 2.75) is 0 Å². The number of carbonyl (C=O) groups is 3. The second-order valence-corrected chi connectivity index (χ2v) is 8.31. The summed E-state index contributed by atoms with van der Waals surface area (Å²) < 4.78 is 5.32. The Balaban J connectivity index is 0.000000284. The Labute approximate surface area is 252 Å². The predicted octanol–water partition coefficient (Wildman–Crippen LogP) is 0.784. The molecule has 14 heteroatoms. The van der Waals surface area contributed by atoms with Gasteiger partial charge >= 0.3 is 23.0 Å². The van der Waals surface area contributed by atoms with Gasteiger partial charge in [0.05, 0.1) is 39.6 Å². The van der Waals surface area contributed by atoms with Gasteiger partial charge in [-0.05, 0) is 66.7 Å². The molecule has 0 unspecified atom stereocenters. The SMILES string of the molecule is O=C([O-])c1cc(Oc2ccc(C(=O)O)cc2)cc(C(=O)[O-])c1.[Cu+2].[OH3+].[OH3+].c1cnc2c(c1)c1nccnc1c1cccnc12. The number of hydrogen-bond acceptors (Lipinski definition) is 10. The van der Waals surface area contributed by atoms with Gasteiger partial charge in [-0.25, -0.2) is 4.79 Å². The summed E-state index contributed by atoms with van der Waals surface area (Å²) in [5.74, 6) is -4.07. The van der Waals surface area contributed by atoms with E-state index >= 15 is 0 Å². The van der Waals surface area contributed by atoms with Crippen LogP contribution in [0.1, 0.15) is 31.1 Å². The fourth-order valence-corrected chi connectivity index (χ4v) is 4.00. The molecule has 6 aromatic rings. The first-order valence-corrected chi connectivity index (χ1v) is 11.6. The number of fused-ring (bicyclic) bond motifs is 6. The van der Waals surface area contributed by atoms with Crippen molar-refractivity contribution < 1.29 is 62.5 Å². The zero-order valence-corrected chi connectivity index (χ0v) is 22.7. The van der Waals surface area contributed by atoms with E-state index in [1.54, 1.807) is 24.8 Å². The number of aromatic nitrogens is 4. The van der Waals surface area contributed by atoms with Crippen LogP contribution in [0.5, 0.6) is 11.5 Å². The van der Waals surface area contributed by atoms with Crippen LogP contribution in [0.2, 0.25) is 0 Å². The summed E-state index contributed by atoms with van der Waals surface area (Å²) in [6.07, 6.45) is 6.96. The van der Waals surface area contributed by atoms with Crippen molar-refractivity contribution in [3.63, 3.8) is 0 Å². The van der Waals surface area contributed by atoms with E-state index in [1.807, 2.05) is 24.3 Å². The van der Waals surface area contributed by atoms with Crippen molar-refractivity contribution >= 4 is 50.7 Å². The van der Waals surface area contributed by atoms with Crippen LogP contribution in [0.25, 0.3) is 32.8 Å². The summed E-state index contributed by atoms with van der Waals surface area (Å²) >= 11 is 0. The fraction of sp³-hybridized carbons (Fsp3) is 0. The molecule has 0 saturated heterocycles. The summed E-state index contributed by atoms with van der Waals surface area (Å²) in [5, 5.41) is 32.5. The number of aromatic carboxylic acids is 3. The summed E-state index contributed by atoms with van der Waals surface area (Å²) in [5.41, 5.74) is 2.80. The van der Waals surface area contributed by atoms with Gasteiger partial charge in [-0.15, -0.1) is 0 Å². The number of carboxylic acids is 3. The molecule has 0 amide bonds. The molecule has 1 radical (unpaired) electrons. The summed E-state index contributed by atoms with van der Waals surface area (Å²) in [4.78, 5) is 50.2. The number of nitrogens with zero attached hydrogens (tertiary/aromatic N) is 4. The molecule has 0 aliphatic carbocycles. The van der Waals surface area contributed by atoms with E-state index in [2.05, 4.69) is 19.9 Å². The molecular formula is C29H22CuN4O9+2. The molecule has 0 aliphatic heterocycles. The number of pyridine rings is 2. The Kier molecular flexibility index (Phi) is 11.3. The predicted molar refractivity (Wildman–Crippen MR) is 148 cm³/mol. The molecule has 0 saturated carbocycles. The monoisotopic (exact) mass is 633 g/mol. The molecule has 0 spiro atoms. The number of carboxylic acid groups (broad SMARTS) is 3. The fourth-order valence-electron chi connectivity index (χ4n) is 4.00. The van der Waals surface area contributed by atoms with Crippen molar-refractivity contribution in [1.29, 1.82) is 0 Å². The van der Waals surface area contributed by atoms with Gasteiger partial charge in [-0.1, -0.05) is 0 Å². The molecule has 0 fully saturated rings. The third-order valence-corrected chi connectivity index (χ3v) is 5.76. The zero-order chi connectivity index (χ0) is 28.2. The summed E-state index contributed by atoms with van der Waals surface area (Å²) in [7, 11) is 0. The van der Waals surface area contributed by atoms with E-state index in [4.69, 9.17) is 9.84 Å². The maximum Gasteiger partial charge on any atom is 2.00 e. The van der Waals surface area contributed by atoms with Crippen molar-refractivity contribution in [2.75, 3.05) is 0 Å². The number of ether oxygens (including phenoxy) is 1. The largest absolute Gasteiger partial charge is 2.00 e. The second-order valence-electron chi connectivity index (χ2n) is 8.31. The summed E-state index contributed by atoms with van der Waals surface area (Å²) in [6, 6.07) is 16.2. The van der Waals surface area contributed by atoms with Crippen LogP contribution in [0.4, 0.5) is 0 Å². The van der Waals surface area contributed by atoms with E-state index in [9.17, 15) is 24.6 Å².